The molecule has 1 aliphatic heterocycles. The summed E-state index contributed by atoms with van der Waals surface area (Å²) in [5.41, 5.74) is -0.997. The summed E-state index contributed by atoms with van der Waals surface area (Å²) in [7, 11) is 0. The number of amides is 2. The second-order valence-electron chi connectivity index (χ2n) is 5.56. The third kappa shape index (κ3) is 2.44. The molecule has 0 spiro atoms. The van der Waals surface area contributed by atoms with Crippen LogP contribution < -0.4 is 5.32 Å². The highest BCUT2D eigenvalue weighted by molar-refractivity contribution is 5.87. The van der Waals surface area contributed by atoms with Crippen LogP contribution in [0.25, 0.3) is 0 Å². The fourth-order valence-electron chi connectivity index (χ4n) is 2.78. The molecule has 0 aromatic heterocycles. The third-order valence-electron chi connectivity index (χ3n) is 4.28. The Morgan fingerprint density at radius 3 is 2.50 bits per heavy atom. The minimum absolute atomic E-state index is 0.202. The van der Waals surface area contributed by atoms with Gasteiger partial charge in [0.1, 0.15) is 5.54 Å². The summed E-state index contributed by atoms with van der Waals surface area (Å²) < 4.78 is 0. The van der Waals surface area contributed by atoms with E-state index < -0.39 is 11.5 Å². The third-order valence-corrected chi connectivity index (χ3v) is 4.28. The number of carbonyl (C=O) groups excluding carboxylic acids is 1. The van der Waals surface area contributed by atoms with E-state index in [1.54, 1.807) is 4.90 Å². The van der Waals surface area contributed by atoms with Crippen LogP contribution in [0, 0.1) is 0 Å². The molecule has 2 fully saturated rings. The maximum absolute atomic E-state index is 12.2. The number of likely N-dealkylation sites (tertiary alicyclic amines) is 1. The molecule has 2 rings (SSSR count). The minimum Gasteiger partial charge on any atom is -0.480 e. The molecule has 1 unspecified atom stereocenters. The summed E-state index contributed by atoms with van der Waals surface area (Å²) in [6, 6.07) is 0.00456. The van der Waals surface area contributed by atoms with Crippen molar-refractivity contribution in [1.29, 1.82) is 0 Å². The fraction of sp³-hybridized carbons (Fsp3) is 0.846. The number of nitrogens with zero attached hydrogens (tertiary/aromatic N) is 1. The molecule has 2 amide bonds. The van der Waals surface area contributed by atoms with Gasteiger partial charge in [-0.2, -0.15) is 0 Å². The first-order valence-electron chi connectivity index (χ1n) is 6.87. The van der Waals surface area contributed by atoms with Gasteiger partial charge < -0.3 is 15.3 Å². The van der Waals surface area contributed by atoms with Gasteiger partial charge in [-0.15, -0.1) is 0 Å². The molecule has 0 bridgehead atoms. The van der Waals surface area contributed by atoms with Crippen LogP contribution in [0.4, 0.5) is 4.79 Å². The van der Waals surface area contributed by atoms with E-state index in [-0.39, 0.29) is 12.1 Å². The highest BCUT2D eigenvalue weighted by atomic mass is 16.4. The molecule has 18 heavy (non-hydrogen) atoms. The van der Waals surface area contributed by atoms with E-state index in [1.807, 2.05) is 6.92 Å². The smallest absolute Gasteiger partial charge is 0.329 e. The van der Waals surface area contributed by atoms with E-state index in [4.69, 9.17) is 0 Å². The maximum atomic E-state index is 12.2. The number of rotatable bonds is 2. The van der Waals surface area contributed by atoms with Crippen molar-refractivity contribution in [2.24, 2.45) is 0 Å². The summed E-state index contributed by atoms with van der Waals surface area (Å²) in [5, 5.41) is 12.0. The van der Waals surface area contributed by atoms with Gasteiger partial charge in [-0.1, -0.05) is 12.8 Å². The summed E-state index contributed by atoms with van der Waals surface area (Å²) >= 11 is 0. The summed E-state index contributed by atoms with van der Waals surface area (Å²) in [4.78, 5) is 25.3. The van der Waals surface area contributed by atoms with Crippen molar-refractivity contribution in [3.05, 3.63) is 0 Å². The van der Waals surface area contributed by atoms with E-state index in [0.717, 1.165) is 38.6 Å². The molecule has 0 radical (unpaired) electrons. The SMILES string of the molecule is CC1CCCCCN1C(=O)NC1(C(=O)O)CCC1. The second-order valence-corrected chi connectivity index (χ2v) is 5.56. The van der Waals surface area contributed by atoms with Gasteiger partial charge in [0, 0.05) is 12.6 Å². The molecule has 1 heterocycles. The molecule has 102 valence electrons. The van der Waals surface area contributed by atoms with Crippen LogP contribution in [0.1, 0.15) is 51.9 Å². The maximum Gasteiger partial charge on any atom is 0.329 e. The molecule has 2 aliphatic rings. The Bertz CT molecular complexity index is 339. The lowest BCUT2D eigenvalue weighted by Crippen LogP contribution is -2.62. The summed E-state index contributed by atoms with van der Waals surface area (Å²) in [6.07, 6.45) is 6.30. The number of aliphatic carboxylic acids is 1. The van der Waals surface area contributed by atoms with Crippen LogP contribution in [0.15, 0.2) is 0 Å². The first-order valence-corrected chi connectivity index (χ1v) is 6.87. The first-order chi connectivity index (χ1) is 8.55. The monoisotopic (exact) mass is 254 g/mol. The van der Waals surface area contributed by atoms with Crippen LogP contribution in [0.5, 0.6) is 0 Å². The standard InChI is InChI=1S/C13H22N2O3/c1-10-6-3-2-4-9-15(10)12(18)14-13(11(16)17)7-5-8-13/h10H,2-9H2,1H3,(H,14,18)(H,16,17). The Morgan fingerprint density at radius 2 is 1.94 bits per heavy atom. The second kappa shape index (κ2) is 5.16. The van der Waals surface area contributed by atoms with E-state index >= 15 is 0 Å². The summed E-state index contributed by atoms with van der Waals surface area (Å²) in [5.74, 6) is -0.899. The average molecular weight is 254 g/mol. The first kappa shape index (κ1) is 13.2. The van der Waals surface area contributed by atoms with Crippen molar-refractivity contribution in [3.8, 4) is 0 Å². The van der Waals surface area contributed by atoms with Crippen molar-refractivity contribution >= 4 is 12.0 Å². The molecule has 1 saturated heterocycles. The molecule has 5 nitrogen and oxygen atoms in total. The van der Waals surface area contributed by atoms with Crippen LogP contribution in [-0.2, 0) is 4.79 Å². The number of carboxylic acids is 1. The van der Waals surface area contributed by atoms with Crippen molar-refractivity contribution in [3.63, 3.8) is 0 Å². The van der Waals surface area contributed by atoms with Gasteiger partial charge in [0.2, 0.25) is 0 Å². The highest BCUT2D eigenvalue weighted by Gasteiger charge is 2.46. The highest BCUT2D eigenvalue weighted by Crippen LogP contribution is 2.32. The number of urea groups is 1. The number of hydrogen-bond donors (Lipinski definition) is 2. The molecule has 0 aromatic rings. The van der Waals surface area contributed by atoms with Crippen LogP contribution in [0.3, 0.4) is 0 Å². The molecule has 2 N–H and O–H groups in total. The molecule has 5 heteroatoms. The van der Waals surface area contributed by atoms with Gasteiger partial charge in [0.15, 0.2) is 0 Å². The molecule has 1 aliphatic carbocycles. The van der Waals surface area contributed by atoms with Crippen molar-refractivity contribution < 1.29 is 14.7 Å². The molecule has 0 aromatic carbocycles. The Morgan fingerprint density at radius 1 is 1.22 bits per heavy atom. The van der Waals surface area contributed by atoms with E-state index in [9.17, 15) is 14.7 Å². The molecule has 1 saturated carbocycles. The molecular formula is C13H22N2O3. The van der Waals surface area contributed by atoms with Gasteiger partial charge in [0.05, 0.1) is 0 Å². The Balaban J connectivity index is 1.99. The average Bonchev–Trinajstić information content (AvgIpc) is 2.47. The minimum atomic E-state index is -0.997. The predicted octanol–water partition coefficient (Wildman–Crippen LogP) is 1.97. The van der Waals surface area contributed by atoms with E-state index in [0.29, 0.717) is 12.8 Å². The number of hydrogen-bond acceptors (Lipinski definition) is 2. The largest absolute Gasteiger partial charge is 0.480 e. The zero-order chi connectivity index (χ0) is 13.2. The molecular weight excluding hydrogens is 232 g/mol. The van der Waals surface area contributed by atoms with E-state index in [1.165, 1.54) is 0 Å². The zero-order valence-corrected chi connectivity index (χ0v) is 10.9. The predicted molar refractivity (Wildman–Crippen MR) is 67.4 cm³/mol. The van der Waals surface area contributed by atoms with E-state index in [2.05, 4.69) is 5.32 Å². The normalized spacial score (nSPS) is 26.9. The Kier molecular flexibility index (Phi) is 3.78. The Hall–Kier alpha value is -1.26. The van der Waals surface area contributed by atoms with Crippen molar-refractivity contribution in [2.75, 3.05) is 6.54 Å². The zero-order valence-electron chi connectivity index (χ0n) is 10.9. The summed E-state index contributed by atoms with van der Waals surface area (Å²) in [6.45, 7) is 2.78. The van der Waals surface area contributed by atoms with Gasteiger partial charge in [-0.05, 0) is 39.0 Å². The van der Waals surface area contributed by atoms with Crippen molar-refractivity contribution in [2.45, 2.75) is 63.5 Å². The van der Waals surface area contributed by atoms with Crippen LogP contribution >= 0.6 is 0 Å². The Labute approximate surface area is 108 Å². The number of carboxylic acid groups (broad SMARTS) is 1. The van der Waals surface area contributed by atoms with Gasteiger partial charge in [0.25, 0.3) is 0 Å². The fourth-order valence-corrected chi connectivity index (χ4v) is 2.78. The van der Waals surface area contributed by atoms with Gasteiger partial charge >= 0.3 is 12.0 Å². The lowest BCUT2D eigenvalue weighted by molar-refractivity contribution is -0.148. The quantitative estimate of drug-likeness (QED) is 0.791. The van der Waals surface area contributed by atoms with Crippen molar-refractivity contribution in [1.82, 2.24) is 10.2 Å². The van der Waals surface area contributed by atoms with Crippen LogP contribution in [-0.4, -0.2) is 40.1 Å². The lowest BCUT2D eigenvalue weighted by Gasteiger charge is -2.40. The topological polar surface area (TPSA) is 69.6 Å². The number of nitrogens with one attached hydrogen (secondary N) is 1. The van der Waals surface area contributed by atoms with Gasteiger partial charge in [-0.3, -0.25) is 0 Å². The molecule has 1 atom stereocenters. The number of carbonyl (C=O) groups is 2. The van der Waals surface area contributed by atoms with Gasteiger partial charge in [-0.25, -0.2) is 9.59 Å². The van der Waals surface area contributed by atoms with Crippen LogP contribution in [0.2, 0.25) is 0 Å². The lowest BCUT2D eigenvalue weighted by atomic mass is 9.77.